The van der Waals surface area contributed by atoms with Crippen LogP contribution in [0.4, 0.5) is 0 Å². The van der Waals surface area contributed by atoms with Gasteiger partial charge in [-0.2, -0.15) is 4.31 Å². The topological polar surface area (TPSA) is 94.9 Å². The predicted molar refractivity (Wildman–Crippen MR) is 55.3 cm³/mol. The van der Waals surface area contributed by atoms with E-state index in [0.29, 0.717) is 0 Å². The summed E-state index contributed by atoms with van der Waals surface area (Å²) in [6.07, 6.45) is 0.912. The van der Waals surface area contributed by atoms with Crippen molar-refractivity contribution in [1.29, 1.82) is 0 Å². The van der Waals surface area contributed by atoms with Gasteiger partial charge in [0, 0.05) is 13.0 Å². The van der Waals surface area contributed by atoms with Crippen molar-refractivity contribution >= 4 is 16.0 Å². The maximum absolute atomic E-state index is 11.9. The van der Waals surface area contributed by atoms with Crippen molar-refractivity contribution in [2.24, 2.45) is 5.92 Å². The number of hydrogen-bond acceptors (Lipinski definition) is 4. The fourth-order valence-electron chi connectivity index (χ4n) is 1.99. The third-order valence-corrected chi connectivity index (χ3v) is 5.03. The Hall–Kier alpha value is -0.660. The number of β-amino-alcohol motifs (C(OH)–C–C–N with tert-alkyl or cyclic N) is 1. The molecule has 7 heteroatoms. The van der Waals surface area contributed by atoms with Crippen LogP contribution in [0.2, 0.25) is 0 Å². The third kappa shape index (κ3) is 2.36. The number of aliphatic hydroxyl groups excluding tert-OH is 1. The fourth-order valence-corrected chi connectivity index (χ4v) is 4.08. The first kappa shape index (κ1) is 11.8. The number of aliphatic hydroxyl groups is 1. The van der Waals surface area contributed by atoms with Crippen LogP contribution in [0.5, 0.6) is 0 Å². The van der Waals surface area contributed by atoms with Crippen LogP contribution in [-0.2, 0) is 14.8 Å². The SMILES string of the molecule is O=C(O)[C@@H]1CC(O)CN1S(=O)(=O)CC1CC1. The Morgan fingerprint density at radius 3 is 2.50 bits per heavy atom. The van der Waals surface area contributed by atoms with Crippen molar-refractivity contribution in [3.8, 4) is 0 Å². The monoisotopic (exact) mass is 249 g/mol. The van der Waals surface area contributed by atoms with Gasteiger partial charge in [-0.1, -0.05) is 0 Å². The molecule has 92 valence electrons. The number of carboxylic acids is 1. The van der Waals surface area contributed by atoms with E-state index in [4.69, 9.17) is 5.11 Å². The Morgan fingerprint density at radius 2 is 2.00 bits per heavy atom. The number of carboxylic acid groups (broad SMARTS) is 1. The largest absolute Gasteiger partial charge is 0.480 e. The highest BCUT2D eigenvalue weighted by atomic mass is 32.2. The highest BCUT2D eigenvalue weighted by Crippen LogP contribution is 2.33. The molecule has 2 N–H and O–H groups in total. The maximum atomic E-state index is 11.9. The Morgan fingerprint density at radius 1 is 1.38 bits per heavy atom. The molecule has 0 radical (unpaired) electrons. The molecule has 16 heavy (non-hydrogen) atoms. The summed E-state index contributed by atoms with van der Waals surface area (Å²) in [5.74, 6) is -0.989. The second kappa shape index (κ2) is 3.97. The fraction of sp³-hybridized carbons (Fsp3) is 0.889. The minimum Gasteiger partial charge on any atom is -0.480 e. The summed E-state index contributed by atoms with van der Waals surface area (Å²) in [6, 6.07) is -1.10. The molecule has 1 saturated carbocycles. The highest BCUT2D eigenvalue weighted by Gasteiger charge is 2.44. The van der Waals surface area contributed by atoms with E-state index in [0.717, 1.165) is 17.1 Å². The normalized spacial score (nSPS) is 31.8. The van der Waals surface area contributed by atoms with E-state index in [9.17, 15) is 18.3 Å². The van der Waals surface area contributed by atoms with Crippen molar-refractivity contribution < 1.29 is 23.4 Å². The molecule has 2 fully saturated rings. The van der Waals surface area contributed by atoms with E-state index in [2.05, 4.69) is 0 Å². The lowest BCUT2D eigenvalue weighted by atomic mass is 10.2. The van der Waals surface area contributed by atoms with Crippen molar-refractivity contribution in [3.63, 3.8) is 0 Å². The van der Waals surface area contributed by atoms with Crippen LogP contribution < -0.4 is 0 Å². The molecule has 0 bridgehead atoms. The first-order chi connectivity index (χ1) is 7.40. The lowest BCUT2D eigenvalue weighted by molar-refractivity contribution is -0.140. The summed E-state index contributed by atoms with van der Waals surface area (Å²) in [7, 11) is -3.53. The number of nitrogens with zero attached hydrogens (tertiary/aromatic N) is 1. The zero-order valence-electron chi connectivity index (χ0n) is 8.74. The van der Waals surface area contributed by atoms with Crippen LogP contribution in [0.25, 0.3) is 0 Å². The Balaban J connectivity index is 2.14. The number of rotatable bonds is 4. The van der Waals surface area contributed by atoms with Crippen molar-refractivity contribution in [3.05, 3.63) is 0 Å². The molecule has 0 spiro atoms. The molecule has 2 rings (SSSR count). The van der Waals surface area contributed by atoms with E-state index >= 15 is 0 Å². The quantitative estimate of drug-likeness (QED) is 0.683. The summed E-state index contributed by atoms with van der Waals surface area (Å²) in [5.41, 5.74) is 0. The molecule has 1 saturated heterocycles. The van der Waals surface area contributed by atoms with Gasteiger partial charge in [0.1, 0.15) is 6.04 Å². The second-order valence-electron chi connectivity index (χ2n) is 4.54. The van der Waals surface area contributed by atoms with Crippen LogP contribution in [-0.4, -0.2) is 53.3 Å². The van der Waals surface area contributed by atoms with Gasteiger partial charge in [-0.15, -0.1) is 0 Å². The molecular formula is C9H15NO5S. The molecule has 0 aromatic rings. The lowest BCUT2D eigenvalue weighted by Gasteiger charge is -2.20. The maximum Gasteiger partial charge on any atom is 0.322 e. The first-order valence-electron chi connectivity index (χ1n) is 5.30. The van der Waals surface area contributed by atoms with Gasteiger partial charge in [0.25, 0.3) is 0 Å². The van der Waals surface area contributed by atoms with E-state index in [1.54, 1.807) is 0 Å². The van der Waals surface area contributed by atoms with E-state index in [-0.39, 0.29) is 24.6 Å². The van der Waals surface area contributed by atoms with Crippen LogP contribution in [0, 0.1) is 5.92 Å². The molecule has 1 heterocycles. The number of carbonyl (C=O) groups is 1. The Labute approximate surface area is 93.9 Å². The van der Waals surface area contributed by atoms with E-state index < -0.39 is 28.1 Å². The zero-order valence-corrected chi connectivity index (χ0v) is 9.56. The first-order valence-corrected chi connectivity index (χ1v) is 6.91. The predicted octanol–water partition coefficient (Wildman–Crippen LogP) is -0.754. The molecular weight excluding hydrogens is 234 g/mol. The zero-order chi connectivity index (χ0) is 11.9. The lowest BCUT2D eigenvalue weighted by Crippen LogP contribution is -2.42. The minimum atomic E-state index is -3.53. The highest BCUT2D eigenvalue weighted by molar-refractivity contribution is 7.89. The van der Waals surface area contributed by atoms with Gasteiger partial charge in [-0.25, -0.2) is 8.42 Å². The van der Waals surface area contributed by atoms with Gasteiger partial charge in [-0.05, 0) is 18.8 Å². The van der Waals surface area contributed by atoms with Crippen LogP contribution in [0.1, 0.15) is 19.3 Å². The number of sulfonamides is 1. The molecule has 1 unspecified atom stereocenters. The molecule has 0 aromatic carbocycles. The minimum absolute atomic E-state index is 0.0147. The second-order valence-corrected chi connectivity index (χ2v) is 6.50. The van der Waals surface area contributed by atoms with E-state index in [1.807, 2.05) is 0 Å². The third-order valence-electron chi connectivity index (χ3n) is 3.02. The number of aliphatic carboxylic acids is 1. The van der Waals surface area contributed by atoms with Gasteiger partial charge in [0.2, 0.25) is 10.0 Å². The standard InChI is InChI=1S/C9H15NO5S/c11-7-3-8(9(12)13)10(4-7)16(14,15)5-6-1-2-6/h6-8,11H,1-5H2,(H,12,13)/t7?,8-/m0/s1. The molecule has 6 nitrogen and oxygen atoms in total. The molecule has 0 amide bonds. The van der Waals surface area contributed by atoms with Crippen LogP contribution in [0.3, 0.4) is 0 Å². The molecule has 2 atom stereocenters. The summed E-state index contributed by atoms with van der Waals surface area (Å²) < 4.78 is 24.7. The Kier molecular flexibility index (Phi) is 2.93. The summed E-state index contributed by atoms with van der Waals surface area (Å²) in [6.45, 7) is -0.0913. The van der Waals surface area contributed by atoms with Gasteiger partial charge in [0.05, 0.1) is 11.9 Å². The molecule has 1 aliphatic carbocycles. The van der Waals surface area contributed by atoms with E-state index in [1.165, 1.54) is 0 Å². The molecule has 1 aliphatic heterocycles. The van der Waals surface area contributed by atoms with Crippen molar-refractivity contribution in [2.75, 3.05) is 12.3 Å². The van der Waals surface area contributed by atoms with Gasteiger partial charge in [-0.3, -0.25) is 4.79 Å². The van der Waals surface area contributed by atoms with Gasteiger partial charge >= 0.3 is 5.97 Å². The summed E-state index contributed by atoms with van der Waals surface area (Å²) >= 11 is 0. The van der Waals surface area contributed by atoms with Crippen molar-refractivity contribution in [2.45, 2.75) is 31.4 Å². The smallest absolute Gasteiger partial charge is 0.322 e. The average Bonchev–Trinajstić information content (AvgIpc) is 2.84. The Bertz CT molecular complexity index is 389. The molecule has 2 aliphatic rings. The van der Waals surface area contributed by atoms with Crippen LogP contribution in [0.15, 0.2) is 0 Å². The average molecular weight is 249 g/mol. The summed E-state index contributed by atoms with van der Waals surface area (Å²) in [4.78, 5) is 10.9. The van der Waals surface area contributed by atoms with Gasteiger partial charge < -0.3 is 10.2 Å². The van der Waals surface area contributed by atoms with Crippen LogP contribution >= 0.6 is 0 Å². The number of hydrogen-bond donors (Lipinski definition) is 2. The molecule has 0 aromatic heterocycles. The van der Waals surface area contributed by atoms with Gasteiger partial charge in [0.15, 0.2) is 0 Å². The summed E-state index contributed by atoms with van der Waals surface area (Å²) in [5, 5.41) is 18.3. The van der Waals surface area contributed by atoms with Crippen molar-refractivity contribution in [1.82, 2.24) is 4.31 Å².